The summed E-state index contributed by atoms with van der Waals surface area (Å²) in [6.07, 6.45) is 0. The average Bonchev–Trinajstić information content (AvgIpc) is 2.62. The van der Waals surface area contributed by atoms with Gasteiger partial charge < -0.3 is 15.4 Å². The van der Waals surface area contributed by atoms with Crippen LogP contribution in [0.5, 0.6) is 5.75 Å². The van der Waals surface area contributed by atoms with E-state index in [-0.39, 0.29) is 5.69 Å². The van der Waals surface area contributed by atoms with Gasteiger partial charge in [-0.1, -0.05) is 24.3 Å². The van der Waals surface area contributed by atoms with E-state index >= 15 is 0 Å². The Bertz CT molecular complexity index is 775. The fourth-order valence-corrected chi connectivity index (χ4v) is 2.36. The lowest BCUT2D eigenvalue weighted by atomic mass is 10.1. The number of nitro groups is 1. The molecule has 0 aromatic heterocycles. The van der Waals surface area contributed by atoms with E-state index in [0.29, 0.717) is 19.0 Å². The van der Waals surface area contributed by atoms with Crippen molar-refractivity contribution in [3.05, 3.63) is 69.3 Å². The van der Waals surface area contributed by atoms with Gasteiger partial charge in [-0.2, -0.15) is 0 Å². The summed E-state index contributed by atoms with van der Waals surface area (Å²) in [5.41, 5.74) is 3.04. The van der Waals surface area contributed by atoms with Gasteiger partial charge in [0.25, 0.3) is 5.69 Å². The Morgan fingerprint density at radius 2 is 1.96 bits per heavy atom. The molecule has 0 amide bonds. The van der Waals surface area contributed by atoms with E-state index in [1.165, 1.54) is 6.07 Å². The molecular weight excluding hydrogens is 320 g/mol. The number of hydrogen-bond acceptors (Lipinski definition) is 4. The number of benzene rings is 2. The molecule has 2 aromatic rings. The zero-order valence-electron chi connectivity index (χ0n) is 14.6. The number of methoxy groups -OCH3 is 1. The first-order valence-corrected chi connectivity index (χ1v) is 7.85. The molecular formula is C18H22N4O3. The van der Waals surface area contributed by atoms with Crippen LogP contribution in [0, 0.1) is 17.0 Å². The summed E-state index contributed by atoms with van der Waals surface area (Å²) in [5, 5.41) is 17.2. The highest BCUT2D eigenvalue weighted by atomic mass is 16.6. The summed E-state index contributed by atoms with van der Waals surface area (Å²) in [4.78, 5) is 14.6. The molecule has 25 heavy (non-hydrogen) atoms. The van der Waals surface area contributed by atoms with Crippen molar-refractivity contribution in [1.29, 1.82) is 0 Å². The molecule has 0 fully saturated rings. The van der Waals surface area contributed by atoms with Crippen molar-refractivity contribution in [2.24, 2.45) is 4.99 Å². The fourth-order valence-electron chi connectivity index (χ4n) is 2.36. The number of nitrogens with one attached hydrogen (secondary N) is 2. The average molecular weight is 342 g/mol. The SMILES string of the molecule is CN=C(NCc1cccc([N+](=O)[O-])c1)NCc1ccc(C)cc1OC. The second-order valence-electron chi connectivity index (χ2n) is 5.52. The minimum absolute atomic E-state index is 0.0756. The second kappa shape index (κ2) is 8.68. The van der Waals surface area contributed by atoms with Crippen molar-refractivity contribution in [1.82, 2.24) is 10.6 Å². The highest BCUT2D eigenvalue weighted by molar-refractivity contribution is 5.79. The molecule has 0 bridgehead atoms. The molecule has 0 aliphatic carbocycles. The van der Waals surface area contributed by atoms with Gasteiger partial charge in [0.05, 0.1) is 12.0 Å². The smallest absolute Gasteiger partial charge is 0.269 e. The first-order valence-electron chi connectivity index (χ1n) is 7.85. The molecule has 0 aliphatic rings. The van der Waals surface area contributed by atoms with Gasteiger partial charge >= 0.3 is 0 Å². The number of hydrogen-bond donors (Lipinski definition) is 2. The molecule has 7 nitrogen and oxygen atoms in total. The number of guanidine groups is 1. The summed E-state index contributed by atoms with van der Waals surface area (Å²) >= 11 is 0. The largest absolute Gasteiger partial charge is 0.496 e. The highest BCUT2D eigenvalue weighted by Crippen LogP contribution is 2.19. The van der Waals surface area contributed by atoms with Gasteiger partial charge in [0, 0.05) is 37.8 Å². The van der Waals surface area contributed by atoms with Crippen LogP contribution < -0.4 is 15.4 Å². The Labute approximate surface area is 146 Å². The van der Waals surface area contributed by atoms with Crippen LogP contribution in [0.4, 0.5) is 5.69 Å². The van der Waals surface area contributed by atoms with Crippen LogP contribution in [-0.2, 0) is 13.1 Å². The van der Waals surface area contributed by atoms with Gasteiger partial charge in [-0.15, -0.1) is 0 Å². The molecule has 2 rings (SSSR count). The predicted molar refractivity (Wildman–Crippen MR) is 97.9 cm³/mol. The molecule has 0 atom stereocenters. The van der Waals surface area contributed by atoms with Crippen LogP contribution in [0.1, 0.15) is 16.7 Å². The number of nitrogens with zero attached hydrogens (tertiary/aromatic N) is 2. The van der Waals surface area contributed by atoms with Crippen LogP contribution in [0.3, 0.4) is 0 Å². The van der Waals surface area contributed by atoms with Crippen LogP contribution in [0.15, 0.2) is 47.5 Å². The standard InChI is InChI=1S/C18H22N4O3/c1-13-7-8-15(17(9-13)25-3)12-21-18(19-2)20-11-14-5-4-6-16(10-14)22(23)24/h4-10H,11-12H2,1-3H3,(H2,19,20,21). The lowest BCUT2D eigenvalue weighted by molar-refractivity contribution is -0.384. The molecule has 0 saturated carbocycles. The molecule has 2 aromatic carbocycles. The third-order valence-corrected chi connectivity index (χ3v) is 3.69. The van der Waals surface area contributed by atoms with E-state index in [9.17, 15) is 10.1 Å². The Hall–Kier alpha value is -3.09. The van der Waals surface area contributed by atoms with Crippen LogP contribution in [0.2, 0.25) is 0 Å². The summed E-state index contributed by atoms with van der Waals surface area (Å²) in [6, 6.07) is 12.5. The minimum atomic E-state index is -0.403. The number of aliphatic imine (C=N–C) groups is 1. The van der Waals surface area contributed by atoms with Crippen molar-refractivity contribution >= 4 is 11.6 Å². The summed E-state index contributed by atoms with van der Waals surface area (Å²) < 4.78 is 5.39. The van der Waals surface area contributed by atoms with Crippen molar-refractivity contribution in [2.45, 2.75) is 20.0 Å². The van der Waals surface area contributed by atoms with Gasteiger partial charge in [-0.3, -0.25) is 15.1 Å². The van der Waals surface area contributed by atoms with E-state index < -0.39 is 4.92 Å². The molecule has 7 heteroatoms. The van der Waals surface area contributed by atoms with E-state index in [2.05, 4.69) is 15.6 Å². The quantitative estimate of drug-likeness (QED) is 0.365. The van der Waals surface area contributed by atoms with Crippen molar-refractivity contribution < 1.29 is 9.66 Å². The first kappa shape index (κ1) is 18.3. The number of ether oxygens (including phenoxy) is 1. The van der Waals surface area contributed by atoms with E-state index in [4.69, 9.17) is 4.74 Å². The maximum Gasteiger partial charge on any atom is 0.269 e. The van der Waals surface area contributed by atoms with E-state index in [1.807, 2.05) is 31.2 Å². The second-order valence-corrected chi connectivity index (χ2v) is 5.52. The van der Waals surface area contributed by atoms with Crippen LogP contribution in [-0.4, -0.2) is 25.0 Å². The van der Waals surface area contributed by atoms with Crippen molar-refractivity contribution in [3.63, 3.8) is 0 Å². The van der Waals surface area contributed by atoms with Crippen molar-refractivity contribution in [2.75, 3.05) is 14.2 Å². The van der Waals surface area contributed by atoms with Crippen LogP contribution >= 0.6 is 0 Å². The van der Waals surface area contributed by atoms with Crippen molar-refractivity contribution in [3.8, 4) is 5.75 Å². The molecule has 132 valence electrons. The first-order chi connectivity index (χ1) is 12.0. The zero-order valence-corrected chi connectivity index (χ0v) is 14.6. The van der Waals surface area contributed by atoms with Gasteiger partial charge in [-0.05, 0) is 24.1 Å². The van der Waals surface area contributed by atoms with E-state index in [1.54, 1.807) is 26.3 Å². The molecule has 0 saturated heterocycles. The number of aryl methyl sites for hydroxylation is 1. The highest BCUT2D eigenvalue weighted by Gasteiger charge is 2.07. The maximum atomic E-state index is 10.8. The molecule has 0 radical (unpaired) electrons. The Balaban J connectivity index is 1.95. The number of nitro benzene ring substituents is 1. The third-order valence-electron chi connectivity index (χ3n) is 3.69. The fraction of sp³-hybridized carbons (Fsp3) is 0.278. The molecule has 0 heterocycles. The zero-order chi connectivity index (χ0) is 18.2. The lowest BCUT2D eigenvalue weighted by Crippen LogP contribution is -2.36. The predicted octanol–water partition coefficient (Wildman–Crippen LogP) is 2.78. The van der Waals surface area contributed by atoms with Gasteiger partial charge in [0.1, 0.15) is 5.75 Å². The summed E-state index contributed by atoms with van der Waals surface area (Å²) in [5.74, 6) is 1.43. The van der Waals surface area contributed by atoms with Gasteiger partial charge in [0.15, 0.2) is 5.96 Å². The van der Waals surface area contributed by atoms with Crippen LogP contribution in [0.25, 0.3) is 0 Å². The number of non-ortho nitro benzene ring substituents is 1. The summed E-state index contributed by atoms with van der Waals surface area (Å²) in [7, 11) is 3.32. The minimum Gasteiger partial charge on any atom is -0.496 e. The maximum absolute atomic E-state index is 10.8. The Kier molecular flexibility index (Phi) is 6.33. The third kappa shape index (κ3) is 5.20. The normalized spacial score (nSPS) is 11.1. The number of rotatable bonds is 6. The monoisotopic (exact) mass is 342 g/mol. The Morgan fingerprint density at radius 1 is 1.20 bits per heavy atom. The van der Waals surface area contributed by atoms with E-state index in [0.717, 1.165) is 22.4 Å². The topological polar surface area (TPSA) is 88.8 Å². The lowest BCUT2D eigenvalue weighted by Gasteiger charge is -2.14. The Morgan fingerprint density at radius 3 is 2.64 bits per heavy atom. The molecule has 0 aliphatic heterocycles. The molecule has 0 spiro atoms. The van der Waals surface area contributed by atoms with Gasteiger partial charge in [0.2, 0.25) is 0 Å². The molecule has 2 N–H and O–H groups in total. The molecule has 0 unspecified atom stereocenters. The summed E-state index contributed by atoms with van der Waals surface area (Å²) in [6.45, 7) is 3.00. The van der Waals surface area contributed by atoms with Gasteiger partial charge in [-0.25, -0.2) is 0 Å².